The van der Waals surface area contributed by atoms with Crippen LogP contribution >= 0.6 is 0 Å². The Morgan fingerprint density at radius 3 is 2.41 bits per heavy atom. The monoisotopic (exact) mass is 576 g/mol. The lowest BCUT2D eigenvalue weighted by Gasteiger charge is -2.35. The molecule has 0 amide bonds. The molecule has 1 aromatic carbocycles. The van der Waals surface area contributed by atoms with E-state index in [4.69, 9.17) is 24.2 Å². The first-order valence-corrected chi connectivity index (χ1v) is 15.2. The second-order valence-corrected chi connectivity index (χ2v) is 11.7. The predicted molar refractivity (Wildman–Crippen MR) is 158 cm³/mol. The molecule has 228 valence electrons. The maximum absolute atomic E-state index is 13.9. The zero-order valence-corrected chi connectivity index (χ0v) is 24.8. The molecule has 1 N–H and O–H groups in total. The Morgan fingerprint density at radius 1 is 1.00 bits per heavy atom. The summed E-state index contributed by atoms with van der Waals surface area (Å²) in [4.78, 5) is 16.5. The molecule has 0 unspecified atom stereocenters. The topological polar surface area (TPSA) is 75.2 Å². The van der Waals surface area contributed by atoms with Crippen molar-refractivity contribution < 1.29 is 23.0 Å². The number of halogens is 2. The SMILES string of the molecule is COc1cc2c(NC[C@@H](C)N3CCC(OC)CC3)nc(N3CCC(F)(F)CC3)nc2cc1OCCCN1CCCC1. The number of methoxy groups -OCH3 is 2. The number of nitrogens with zero attached hydrogens (tertiary/aromatic N) is 5. The van der Waals surface area contributed by atoms with Crippen LogP contribution in [0.4, 0.5) is 20.5 Å². The van der Waals surface area contributed by atoms with Gasteiger partial charge in [0, 0.05) is 76.7 Å². The van der Waals surface area contributed by atoms with Crippen molar-refractivity contribution in [1.82, 2.24) is 19.8 Å². The number of fused-ring (bicyclic) bond motifs is 1. The van der Waals surface area contributed by atoms with Gasteiger partial charge in [0.2, 0.25) is 5.95 Å². The van der Waals surface area contributed by atoms with Gasteiger partial charge in [0.05, 0.1) is 25.3 Å². The van der Waals surface area contributed by atoms with E-state index in [1.165, 1.54) is 25.9 Å². The highest BCUT2D eigenvalue weighted by Crippen LogP contribution is 2.37. The number of likely N-dealkylation sites (tertiary alicyclic amines) is 2. The molecule has 4 heterocycles. The van der Waals surface area contributed by atoms with Crippen LogP contribution in [0.2, 0.25) is 0 Å². The molecule has 3 aliphatic heterocycles. The van der Waals surface area contributed by atoms with Gasteiger partial charge >= 0.3 is 0 Å². The molecular weight excluding hydrogens is 530 g/mol. The van der Waals surface area contributed by atoms with E-state index in [0.717, 1.165) is 44.3 Å². The van der Waals surface area contributed by atoms with E-state index in [9.17, 15) is 8.78 Å². The van der Waals surface area contributed by atoms with Crippen LogP contribution in [0, 0.1) is 0 Å². The number of rotatable bonds is 12. The third kappa shape index (κ3) is 7.67. The van der Waals surface area contributed by atoms with Crippen LogP contribution in [0.15, 0.2) is 12.1 Å². The summed E-state index contributed by atoms with van der Waals surface area (Å²) in [7, 11) is 3.42. The third-order valence-electron chi connectivity index (χ3n) is 8.82. The molecule has 11 heteroatoms. The highest BCUT2D eigenvalue weighted by Gasteiger charge is 2.35. The molecule has 3 fully saturated rings. The fourth-order valence-electron chi connectivity index (χ4n) is 6.11. The van der Waals surface area contributed by atoms with E-state index in [2.05, 4.69) is 22.0 Å². The molecular formula is C30H46F2N6O3. The standard InChI is InChI=1S/C30H46F2N6O3/c1-22(37-14-7-23(39-2)8-15-37)21-33-28-24-19-26(40-3)27(41-18-6-13-36-11-4-5-12-36)20-25(24)34-29(35-28)38-16-9-30(31,32)10-17-38/h19-20,22-23H,4-18,21H2,1-3H3,(H,33,34,35)/t22-/m1/s1. The van der Waals surface area contributed by atoms with Crippen LogP contribution in [-0.2, 0) is 4.74 Å². The fourth-order valence-corrected chi connectivity index (χ4v) is 6.11. The van der Waals surface area contributed by atoms with Crippen molar-refractivity contribution in [1.29, 1.82) is 0 Å². The van der Waals surface area contributed by atoms with E-state index in [0.29, 0.717) is 48.0 Å². The molecule has 3 aliphatic rings. The minimum absolute atomic E-state index is 0.195. The Bertz CT molecular complexity index is 1130. The summed E-state index contributed by atoms with van der Waals surface area (Å²) in [6, 6.07) is 4.11. The summed E-state index contributed by atoms with van der Waals surface area (Å²) in [5.74, 6) is -0.222. The molecule has 5 rings (SSSR count). The summed E-state index contributed by atoms with van der Waals surface area (Å²) in [5, 5.41) is 4.38. The van der Waals surface area contributed by atoms with Crippen LogP contribution in [-0.4, -0.2) is 111 Å². The first-order chi connectivity index (χ1) is 19.8. The van der Waals surface area contributed by atoms with E-state index >= 15 is 0 Å². The molecule has 0 saturated carbocycles. The van der Waals surface area contributed by atoms with Gasteiger partial charge in [0.25, 0.3) is 5.92 Å². The van der Waals surface area contributed by atoms with Crippen molar-refractivity contribution in [2.24, 2.45) is 0 Å². The van der Waals surface area contributed by atoms with Crippen LogP contribution < -0.4 is 19.7 Å². The Kier molecular flexibility index (Phi) is 9.98. The number of anilines is 2. The maximum atomic E-state index is 13.9. The molecule has 41 heavy (non-hydrogen) atoms. The fraction of sp³-hybridized carbons (Fsp3) is 0.733. The maximum Gasteiger partial charge on any atom is 0.251 e. The highest BCUT2D eigenvalue weighted by atomic mass is 19.3. The van der Waals surface area contributed by atoms with Crippen molar-refractivity contribution in [3.63, 3.8) is 0 Å². The molecule has 0 radical (unpaired) electrons. The van der Waals surface area contributed by atoms with Gasteiger partial charge < -0.3 is 29.3 Å². The van der Waals surface area contributed by atoms with Gasteiger partial charge in [-0.25, -0.2) is 13.8 Å². The molecule has 3 saturated heterocycles. The van der Waals surface area contributed by atoms with Crippen LogP contribution in [0.5, 0.6) is 11.5 Å². The van der Waals surface area contributed by atoms with E-state index in [1.54, 1.807) is 14.2 Å². The number of benzene rings is 1. The molecule has 2 aromatic rings. The quantitative estimate of drug-likeness (QED) is 0.364. The lowest BCUT2D eigenvalue weighted by molar-refractivity contribution is -0.0222. The Hall–Kier alpha value is -2.50. The van der Waals surface area contributed by atoms with E-state index in [1.807, 2.05) is 17.0 Å². The zero-order chi connectivity index (χ0) is 28.8. The van der Waals surface area contributed by atoms with Crippen LogP contribution in [0.1, 0.15) is 51.9 Å². The molecule has 0 aliphatic carbocycles. The third-order valence-corrected chi connectivity index (χ3v) is 8.82. The molecule has 1 aromatic heterocycles. The van der Waals surface area contributed by atoms with Gasteiger partial charge in [0.1, 0.15) is 5.82 Å². The summed E-state index contributed by atoms with van der Waals surface area (Å²) in [6.45, 7) is 9.28. The van der Waals surface area contributed by atoms with Crippen molar-refractivity contribution in [3.8, 4) is 11.5 Å². The van der Waals surface area contributed by atoms with Crippen LogP contribution in [0.25, 0.3) is 10.9 Å². The normalized spacial score (nSPS) is 21.3. The van der Waals surface area contributed by atoms with Gasteiger partial charge in [-0.1, -0.05) is 0 Å². The Morgan fingerprint density at radius 2 is 1.73 bits per heavy atom. The van der Waals surface area contributed by atoms with Crippen molar-refractivity contribution >= 4 is 22.7 Å². The van der Waals surface area contributed by atoms with Crippen molar-refractivity contribution in [2.75, 3.05) is 83.4 Å². The summed E-state index contributed by atoms with van der Waals surface area (Å²) in [6.07, 6.45) is 5.48. The number of nitrogens with one attached hydrogen (secondary N) is 1. The molecule has 9 nitrogen and oxygen atoms in total. The lowest BCUT2D eigenvalue weighted by Crippen LogP contribution is -2.44. The van der Waals surface area contributed by atoms with Gasteiger partial charge in [-0.05, 0) is 58.2 Å². The number of alkyl halides is 2. The smallest absolute Gasteiger partial charge is 0.251 e. The number of ether oxygens (including phenoxy) is 3. The molecule has 0 bridgehead atoms. The summed E-state index contributed by atoms with van der Waals surface area (Å²) < 4.78 is 45.3. The average molecular weight is 577 g/mol. The van der Waals surface area contributed by atoms with E-state index < -0.39 is 5.92 Å². The lowest BCUT2D eigenvalue weighted by atomic mass is 10.1. The van der Waals surface area contributed by atoms with Gasteiger partial charge in [-0.15, -0.1) is 0 Å². The highest BCUT2D eigenvalue weighted by molar-refractivity contribution is 5.92. The first-order valence-electron chi connectivity index (χ1n) is 15.2. The summed E-state index contributed by atoms with van der Waals surface area (Å²) in [5.41, 5.74) is 0.707. The van der Waals surface area contributed by atoms with E-state index in [-0.39, 0.29) is 32.0 Å². The zero-order valence-electron chi connectivity index (χ0n) is 24.8. The second-order valence-electron chi connectivity index (χ2n) is 11.7. The predicted octanol–water partition coefficient (Wildman–Crippen LogP) is 4.65. The Labute approximate surface area is 242 Å². The minimum Gasteiger partial charge on any atom is -0.493 e. The molecule has 1 atom stereocenters. The second kappa shape index (κ2) is 13.6. The largest absolute Gasteiger partial charge is 0.493 e. The summed E-state index contributed by atoms with van der Waals surface area (Å²) >= 11 is 0. The van der Waals surface area contributed by atoms with Crippen LogP contribution in [0.3, 0.4) is 0 Å². The number of hydrogen-bond acceptors (Lipinski definition) is 9. The van der Waals surface area contributed by atoms with Gasteiger partial charge in [-0.2, -0.15) is 4.98 Å². The first kappa shape index (κ1) is 30.0. The average Bonchev–Trinajstić information content (AvgIpc) is 3.51. The number of aromatic nitrogens is 2. The Balaban J connectivity index is 1.35. The van der Waals surface area contributed by atoms with Crippen molar-refractivity contribution in [3.05, 3.63) is 12.1 Å². The number of piperidine rings is 2. The molecule has 0 spiro atoms. The van der Waals surface area contributed by atoms with Gasteiger partial charge in [-0.3, -0.25) is 4.90 Å². The number of hydrogen-bond donors (Lipinski definition) is 1. The van der Waals surface area contributed by atoms with Crippen molar-refractivity contribution in [2.45, 2.75) is 69.9 Å². The van der Waals surface area contributed by atoms with Gasteiger partial charge in [0.15, 0.2) is 11.5 Å². The minimum atomic E-state index is -2.64.